The fraction of sp³-hybridized carbons (Fsp3) is 0.588. The molecular formula is C17H27N3O3. The lowest BCUT2D eigenvalue weighted by molar-refractivity contribution is -0.126. The molecule has 1 amide bonds. The zero-order valence-electron chi connectivity index (χ0n) is 14.2. The van der Waals surface area contributed by atoms with Crippen molar-refractivity contribution in [2.75, 3.05) is 53.4 Å². The molecule has 2 heterocycles. The van der Waals surface area contributed by atoms with Gasteiger partial charge in [0.05, 0.1) is 6.10 Å². The largest absolute Gasteiger partial charge is 0.462 e. The molecule has 1 saturated heterocycles. The van der Waals surface area contributed by atoms with Crippen LogP contribution < -0.4 is 0 Å². The van der Waals surface area contributed by atoms with Crippen LogP contribution in [0.3, 0.4) is 0 Å². The summed E-state index contributed by atoms with van der Waals surface area (Å²) in [7, 11) is 3.81. The van der Waals surface area contributed by atoms with E-state index in [1.165, 1.54) is 11.0 Å². The minimum absolute atomic E-state index is 0.142. The highest BCUT2D eigenvalue weighted by Gasteiger charge is 2.18. The monoisotopic (exact) mass is 321 g/mol. The van der Waals surface area contributed by atoms with Crippen molar-refractivity contribution in [2.24, 2.45) is 0 Å². The Bertz CT molecular complexity index is 533. The van der Waals surface area contributed by atoms with Gasteiger partial charge in [0.2, 0.25) is 5.91 Å². The number of hydrogen-bond donors (Lipinski definition) is 1. The van der Waals surface area contributed by atoms with Gasteiger partial charge in [0.25, 0.3) is 0 Å². The molecule has 1 N–H and O–H groups in total. The van der Waals surface area contributed by atoms with E-state index in [0.29, 0.717) is 18.8 Å². The summed E-state index contributed by atoms with van der Waals surface area (Å²) in [6, 6.07) is 3.68. The Hall–Kier alpha value is -1.63. The number of aliphatic hydroxyl groups excluding tert-OH is 1. The van der Waals surface area contributed by atoms with Gasteiger partial charge >= 0.3 is 0 Å². The molecule has 1 unspecified atom stereocenters. The van der Waals surface area contributed by atoms with Gasteiger partial charge in [-0.25, -0.2) is 0 Å². The van der Waals surface area contributed by atoms with Crippen LogP contribution in [0.2, 0.25) is 0 Å². The Morgan fingerprint density at radius 2 is 2.09 bits per heavy atom. The third-order valence-corrected chi connectivity index (χ3v) is 4.08. The summed E-state index contributed by atoms with van der Waals surface area (Å²) in [6.45, 7) is 6.75. The summed E-state index contributed by atoms with van der Waals surface area (Å²) < 4.78 is 5.39. The van der Waals surface area contributed by atoms with Crippen molar-refractivity contribution in [3.8, 4) is 0 Å². The number of β-amino-alcohol motifs (C(OH)–C–C–N with tert-alkyl or cyclic N) is 1. The van der Waals surface area contributed by atoms with Crippen LogP contribution in [0.4, 0.5) is 0 Å². The number of nitrogens with zero attached hydrogens (tertiary/aromatic N) is 3. The van der Waals surface area contributed by atoms with Gasteiger partial charge in [0.15, 0.2) is 0 Å². The summed E-state index contributed by atoms with van der Waals surface area (Å²) in [5, 5.41) is 10.2. The van der Waals surface area contributed by atoms with Crippen molar-refractivity contribution in [3.05, 3.63) is 29.7 Å². The quantitative estimate of drug-likeness (QED) is 0.780. The van der Waals surface area contributed by atoms with E-state index in [9.17, 15) is 9.90 Å². The van der Waals surface area contributed by atoms with Gasteiger partial charge in [0.1, 0.15) is 11.5 Å². The van der Waals surface area contributed by atoms with Gasteiger partial charge in [-0.05, 0) is 32.2 Å². The van der Waals surface area contributed by atoms with Crippen molar-refractivity contribution < 1.29 is 14.3 Å². The lowest BCUT2D eigenvalue weighted by Crippen LogP contribution is -2.48. The summed E-state index contributed by atoms with van der Waals surface area (Å²) in [5.41, 5.74) is 0. The molecule has 1 fully saturated rings. The van der Waals surface area contributed by atoms with Crippen molar-refractivity contribution in [1.82, 2.24) is 14.7 Å². The highest BCUT2D eigenvalue weighted by molar-refractivity contribution is 5.91. The van der Waals surface area contributed by atoms with Crippen molar-refractivity contribution in [1.29, 1.82) is 0 Å². The molecule has 23 heavy (non-hydrogen) atoms. The standard InChI is InChI=1S/C17H27N3O3/c1-14-4-5-16(23-14)6-7-17(22)19(3)12-15(21)13-20-10-8-18(2)9-11-20/h4-7,15,21H,8-13H2,1-3H3/b7-6+. The third kappa shape index (κ3) is 5.82. The Morgan fingerprint density at radius 1 is 1.39 bits per heavy atom. The zero-order chi connectivity index (χ0) is 16.8. The van der Waals surface area contributed by atoms with Crippen LogP contribution in [0.25, 0.3) is 6.08 Å². The van der Waals surface area contributed by atoms with Gasteiger partial charge in [-0.1, -0.05) is 0 Å². The first-order chi connectivity index (χ1) is 10.9. The number of carbonyl (C=O) groups excluding carboxylic acids is 1. The maximum atomic E-state index is 12.1. The lowest BCUT2D eigenvalue weighted by Gasteiger charge is -2.34. The minimum Gasteiger partial charge on any atom is -0.462 e. The summed E-state index contributed by atoms with van der Waals surface area (Å²) in [4.78, 5) is 18.1. The summed E-state index contributed by atoms with van der Waals surface area (Å²) >= 11 is 0. The number of carbonyl (C=O) groups is 1. The topological polar surface area (TPSA) is 60.2 Å². The average molecular weight is 321 g/mol. The Morgan fingerprint density at radius 3 is 2.70 bits per heavy atom. The van der Waals surface area contributed by atoms with E-state index in [1.807, 2.05) is 19.1 Å². The predicted molar refractivity (Wildman–Crippen MR) is 90.1 cm³/mol. The van der Waals surface area contributed by atoms with Gasteiger partial charge < -0.3 is 19.3 Å². The number of amides is 1. The minimum atomic E-state index is -0.536. The second kappa shape index (κ2) is 8.29. The zero-order valence-corrected chi connectivity index (χ0v) is 14.2. The molecule has 6 heteroatoms. The molecule has 0 aromatic carbocycles. The number of likely N-dealkylation sites (N-methyl/N-ethyl adjacent to an activating group) is 2. The van der Waals surface area contributed by atoms with Gasteiger partial charge in [-0.3, -0.25) is 9.69 Å². The van der Waals surface area contributed by atoms with Gasteiger partial charge in [-0.2, -0.15) is 0 Å². The molecular weight excluding hydrogens is 294 g/mol. The van der Waals surface area contributed by atoms with Gasteiger partial charge in [-0.15, -0.1) is 0 Å². The van der Waals surface area contributed by atoms with Crippen molar-refractivity contribution in [2.45, 2.75) is 13.0 Å². The van der Waals surface area contributed by atoms with Crippen molar-refractivity contribution >= 4 is 12.0 Å². The molecule has 128 valence electrons. The number of aryl methyl sites for hydroxylation is 1. The maximum Gasteiger partial charge on any atom is 0.246 e. The van der Waals surface area contributed by atoms with Crippen LogP contribution in [-0.4, -0.2) is 85.2 Å². The third-order valence-electron chi connectivity index (χ3n) is 4.08. The maximum absolute atomic E-state index is 12.1. The van der Waals surface area contributed by atoms with E-state index < -0.39 is 6.10 Å². The average Bonchev–Trinajstić information content (AvgIpc) is 2.92. The molecule has 2 rings (SSSR count). The van der Waals surface area contributed by atoms with E-state index >= 15 is 0 Å². The SMILES string of the molecule is Cc1ccc(/C=C/C(=O)N(C)CC(O)CN2CCN(C)CC2)o1. The summed E-state index contributed by atoms with van der Waals surface area (Å²) in [5.74, 6) is 1.33. The van der Waals surface area contributed by atoms with Crippen LogP contribution in [0.5, 0.6) is 0 Å². The molecule has 0 bridgehead atoms. The molecule has 6 nitrogen and oxygen atoms in total. The molecule has 0 saturated carbocycles. The number of hydrogen-bond acceptors (Lipinski definition) is 5. The van der Waals surface area contributed by atoms with Crippen molar-refractivity contribution in [3.63, 3.8) is 0 Å². The Balaban J connectivity index is 1.75. The molecule has 1 aromatic heterocycles. The van der Waals surface area contributed by atoms with E-state index in [4.69, 9.17) is 4.42 Å². The fourth-order valence-corrected chi connectivity index (χ4v) is 2.62. The number of piperazine rings is 1. The number of aliphatic hydroxyl groups is 1. The molecule has 1 aliphatic rings. The first kappa shape index (κ1) is 17.7. The van der Waals surface area contributed by atoms with Crippen LogP contribution in [0.15, 0.2) is 22.6 Å². The first-order valence-electron chi connectivity index (χ1n) is 8.02. The van der Waals surface area contributed by atoms with E-state index in [1.54, 1.807) is 13.1 Å². The smallest absolute Gasteiger partial charge is 0.246 e. The second-order valence-electron chi connectivity index (χ2n) is 6.26. The Labute approximate surface area is 138 Å². The van der Waals surface area contributed by atoms with E-state index in [-0.39, 0.29) is 5.91 Å². The molecule has 1 aromatic rings. The van der Waals surface area contributed by atoms with Gasteiger partial charge in [0, 0.05) is 52.4 Å². The van der Waals surface area contributed by atoms with Crippen LogP contribution in [-0.2, 0) is 4.79 Å². The first-order valence-corrected chi connectivity index (χ1v) is 8.02. The Kier molecular flexibility index (Phi) is 6.38. The fourth-order valence-electron chi connectivity index (χ4n) is 2.62. The highest BCUT2D eigenvalue weighted by Crippen LogP contribution is 2.08. The van der Waals surface area contributed by atoms with E-state index in [2.05, 4.69) is 16.8 Å². The van der Waals surface area contributed by atoms with Crippen LogP contribution in [0, 0.1) is 6.92 Å². The predicted octanol–water partition coefficient (Wildman–Crippen LogP) is 0.668. The molecule has 0 radical (unpaired) electrons. The normalized spacial score (nSPS) is 18.4. The van der Waals surface area contributed by atoms with E-state index in [0.717, 1.165) is 31.9 Å². The molecule has 0 spiro atoms. The molecule has 0 aliphatic carbocycles. The van der Waals surface area contributed by atoms with Crippen LogP contribution in [0.1, 0.15) is 11.5 Å². The number of rotatable bonds is 6. The molecule has 1 atom stereocenters. The van der Waals surface area contributed by atoms with Crippen LogP contribution >= 0.6 is 0 Å². The molecule has 1 aliphatic heterocycles. The second-order valence-corrected chi connectivity index (χ2v) is 6.26. The summed E-state index contributed by atoms with van der Waals surface area (Å²) in [6.07, 6.45) is 2.59. The highest BCUT2D eigenvalue weighted by atomic mass is 16.3. The number of furan rings is 1. The lowest BCUT2D eigenvalue weighted by atomic mass is 10.2.